The van der Waals surface area contributed by atoms with Crippen molar-refractivity contribution in [3.8, 4) is 11.5 Å². The van der Waals surface area contributed by atoms with E-state index < -0.39 is 28.6 Å². The molecule has 0 aromatic heterocycles. The quantitative estimate of drug-likeness (QED) is 0.173. The van der Waals surface area contributed by atoms with Crippen LogP contribution in [0.25, 0.3) is 0 Å². The summed E-state index contributed by atoms with van der Waals surface area (Å²) >= 11 is 0. The maximum Gasteiger partial charge on any atom is 0.270 e. The van der Waals surface area contributed by atoms with Crippen molar-refractivity contribution < 1.29 is 29.1 Å². The summed E-state index contributed by atoms with van der Waals surface area (Å²) in [6, 6.07) is 28.0. The number of benzene rings is 4. The highest BCUT2D eigenvalue weighted by atomic mass is 16.7. The van der Waals surface area contributed by atoms with Crippen LogP contribution in [0, 0.1) is 10.1 Å². The van der Waals surface area contributed by atoms with E-state index in [0.29, 0.717) is 0 Å². The lowest BCUT2D eigenvalue weighted by Crippen LogP contribution is -2.58. The number of amides is 2. The third kappa shape index (κ3) is 5.20. The Kier molecular flexibility index (Phi) is 7.43. The molecule has 1 heterocycles. The first-order valence-electron chi connectivity index (χ1n) is 12.4. The van der Waals surface area contributed by atoms with Gasteiger partial charge in [-0.2, -0.15) is 0 Å². The number of carbonyl (C=O) groups excluding carboxylic acids is 2. The van der Waals surface area contributed by atoms with E-state index in [2.05, 4.69) is 10.6 Å². The molecule has 2 amide bonds. The number of nitrogens with one attached hydrogen (secondary N) is 2. The molecule has 5 rings (SSSR count). The monoisotopic (exact) mass is 539 g/mol. The molecule has 4 aromatic carbocycles. The van der Waals surface area contributed by atoms with E-state index in [1.807, 2.05) is 60.7 Å². The van der Waals surface area contributed by atoms with Gasteiger partial charge in [0.15, 0.2) is 0 Å². The number of phenolic OH excluding ortho intramolecular Hbond substituents is 1. The average Bonchev–Trinajstić information content (AvgIpc) is 2.99. The number of para-hydroxylation sites is 1. The molecule has 10 nitrogen and oxygen atoms in total. The van der Waals surface area contributed by atoms with E-state index >= 15 is 0 Å². The zero-order valence-corrected chi connectivity index (χ0v) is 21.2. The topological polar surface area (TPSA) is 140 Å². The predicted molar refractivity (Wildman–Crippen MR) is 144 cm³/mol. The van der Waals surface area contributed by atoms with Crippen LogP contribution in [0.1, 0.15) is 28.5 Å². The van der Waals surface area contributed by atoms with Crippen molar-refractivity contribution >= 4 is 17.5 Å². The minimum atomic E-state index is -2.26. The highest BCUT2D eigenvalue weighted by Gasteiger charge is 2.55. The van der Waals surface area contributed by atoms with Gasteiger partial charge in [0.2, 0.25) is 6.29 Å². The largest absolute Gasteiger partial charge is 0.507 e. The number of nitrogens with zero attached hydrogens (tertiary/aromatic N) is 1. The van der Waals surface area contributed by atoms with E-state index in [-0.39, 0.29) is 41.4 Å². The Bertz CT molecular complexity index is 1490. The first-order valence-corrected chi connectivity index (χ1v) is 12.4. The van der Waals surface area contributed by atoms with Crippen LogP contribution in [0.2, 0.25) is 0 Å². The Morgan fingerprint density at radius 1 is 0.825 bits per heavy atom. The van der Waals surface area contributed by atoms with Crippen LogP contribution in [-0.4, -0.2) is 21.8 Å². The first kappa shape index (κ1) is 26.4. The number of phenols is 1. The van der Waals surface area contributed by atoms with E-state index in [1.54, 1.807) is 24.3 Å². The standard InChI is InChI=1S/C30H25N3O7/c34-25-16-15-22(33(37)38)17-23(25)27-39-26-14-8-7-13-24(26)30(40-27,28(35)31-18-20-9-3-1-4-10-20)29(36)32-19-21-11-5-2-6-12-21/h1-17,27,34H,18-19H2,(H,31,35)(H,32,36). The zero-order valence-electron chi connectivity index (χ0n) is 21.2. The van der Waals surface area contributed by atoms with Crippen molar-refractivity contribution in [3.05, 3.63) is 135 Å². The highest BCUT2D eigenvalue weighted by molar-refractivity contribution is 6.10. The summed E-state index contributed by atoms with van der Waals surface area (Å²) < 4.78 is 12.1. The van der Waals surface area contributed by atoms with E-state index in [9.17, 15) is 24.8 Å². The number of rotatable bonds is 8. The molecule has 10 heteroatoms. The molecule has 1 aliphatic heterocycles. The molecule has 0 radical (unpaired) electrons. The summed E-state index contributed by atoms with van der Waals surface area (Å²) in [5.74, 6) is -1.76. The maximum atomic E-state index is 14.0. The molecule has 40 heavy (non-hydrogen) atoms. The minimum Gasteiger partial charge on any atom is -0.507 e. The van der Waals surface area contributed by atoms with Crippen LogP contribution in [0.5, 0.6) is 11.5 Å². The van der Waals surface area contributed by atoms with Crippen LogP contribution in [0.3, 0.4) is 0 Å². The molecule has 0 saturated heterocycles. The number of hydrogen-bond acceptors (Lipinski definition) is 7. The van der Waals surface area contributed by atoms with Crippen molar-refractivity contribution in [2.24, 2.45) is 0 Å². The fourth-order valence-electron chi connectivity index (χ4n) is 4.46. The number of fused-ring (bicyclic) bond motifs is 1. The van der Waals surface area contributed by atoms with Gasteiger partial charge in [-0.3, -0.25) is 19.7 Å². The third-order valence-electron chi connectivity index (χ3n) is 6.49. The van der Waals surface area contributed by atoms with E-state index in [4.69, 9.17) is 9.47 Å². The summed E-state index contributed by atoms with van der Waals surface area (Å²) in [5, 5.41) is 27.6. The second kappa shape index (κ2) is 11.3. The van der Waals surface area contributed by atoms with Crippen molar-refractivity contribution in [2.75, 3.05) is 0 Å². The molecule has 0 aliphatic carbocycles. The van der Waals surface area contributed by atoms with Gasteiger partial charge < -0.3 is 25.2 Å². The summed E-state index contributed by atoms with van der Waals surface area (Å²) in [7, 11) is 0. The Labute approximate surface area is 229 Å². The third-order valence-corrected chi connectivity index (χ3v) is 6.49. The Balaban J connectivity index is 1.58. The van der Waals surface area contributed by atoms with Crippen LogP contribution < -0.4 is 15.4 Å². The molecule has 1 atom stereocenters. The second-order valence-electron chi connectivity index (χ2n) is 9.08. The molecule has 0 spiro atoms. The van der Waals surface area contributed by atoms with Gasteiger partial charge in [-0.25, -0.2) is 0 Å². The Morgan fingerprint density at radius 3 is 1.95 bits per heavy atom. The minimum absolute atomic E-state index is 0.104. The molecule has 1 unspecified atom stereocenters. The molecule has 202 valence electrons. The van der Waals surface area contributed by atoms with Crippen molar-refractivity contribution in [1.29, 1.82) is 0 Å². The van der Waals surface area contributed by atoms with Crippen molar-refractivity contribution in [1.82, 2.24) is 10.6 Å². The lowest BCUT2D eigenvalue weighted by molar-refractivity contribution is -0.385. The first-order chi connectivity index (χ1) is 19.4. The van der Waals surface area contributed by atoms with Gasteiger partial charge in [-0.15, -0.1) is 0 Å². The molecule has 0 saturated carbocycles. The molecule has 0 bridgehead atoms. The molecule has 3 N–H and O–H groups in total. The fraction of sp³-hybridized carbons (Fsp3) is 0.133. The molecular weight excluding hydrogens is 514 g/mol. The summed E-state index contributed by atoms with van der Waals surface area (Å²) in [5.41, 5.74) is -0.966. The van der Waals surface area contributed by atoms with E-state index in [0.717, 1.165) is 29.3 Å². The Hall–Kier alpha value is -5.22. The lowest BCUT2D eigenvalue weighted by Gasteiger charge is -2.40. The Morgan fingerprint density at radius 2 is 1.38 bits per heavy atom. The van der Waals surface area contributed by atoms with Crippen molar-refractivity contribution in [3.63, 3.8) is 0 Å². The normalized spacial score (nSPS) is 15.2. The highest BCUT2D eigenvalue weighted by Crippen LogP contribution is 2.46. The molecule has 0 fully saturated rings. The number of hydrogen-bond donors (Lipinski definition) is 3. The van der Waals surface area contributed by atoms with Gasteiger partial charge in [0, 0.05) is 30.8 Å². The van der Waals surface area contributed by atoms with Crippen LogP contribution in [0.15, 0.2) is 103 Å². The number of carbonyl (C=O) groups is 2. The molecular formula is C30H25N3O7. The van der Waals surface area contributed by atoms with Crippen LogP contribution >= 0.6 is 0 Å². The summed E-state index contributed by atoms with van der Waals surface area (Å²) in [6.07, 6.45) is -1.53. The van der Waals surface area contributed by atoms with Gasteiger partial charge in [-0.1, -0.05) is 78.9 Å². The average molecular weight is 540 g/mol. The zero-order chi connectivity index (χ0) is 28.1. The van der Waals surface area contributed by atoms with Crippen LogP contribution in [0.4, 0.5) is 5.69 Å². The molecule has 4 aromatic rings. The fourth-order valence-corrected chi connectivity index (χ4v) is 4.46. The SMILES string of the molecule is O=C(NCc1ccccc1)C1(C(=O)NCc2ccccc2)OC(c2cc([N+](=O)[O-])ccc2O)Oc2ccccc21. The van der Waals surface area contributed by atoms with Crippen LogP contribution in [-0.2, 0) is 33.0 Å². The summed E-state index contributed by atoms with van der Waals surface area (Å²) in [6.45, 7) is 0.207. The number of nitro benzene ring substituents is 1. The second-order valence-corrected chi connectivity index (χ2v) is 9.08. The van der Waals surface area contributed by atoms with Crippen molar-refractivity contribution in [2.45, 2.75) is 25.0 Å². The lowest BCUT2D eigenvalue weighted by atomic mass is 9.88. The smallest absolute Gasteiger partial charge is 0.270 e. The number of aromatic hydroxyl groups is 1. The number of non-ortho nitro benzene ring substituents is 1. The molecule has 1 aliphatic rings. The predicted octanol–water partition coefficient (Wildman–Crippen LogP) is 4.24. The van der Waals surface area contributed by atoms with Gasteiger partial charge >= 0.3 is 0 Å². The van der Waals surface area contributed by atoms with E-state index in [1.165, 1.54) is 0 Å². The van der Waals surface area contributed by atoms with Gasteiger partial charge in [0.25, 0.3) is 23.1 Å². The maximum absolute atomic E-state index is 14.0. The number of ether oxygens (including phenoxy) is 2. The van der Waals surface area contributed by atoms with Gasteiger partial charge in [-0.05, 0) is 23.3 Å². The van der Waals surface area contributed by atoms with Gasteiger partial charge in [0.05, 0.1) is 10.5 Å². The summed E-state index contributed by atoms with van der Waals surface area (Å²) in [4.78, 5) is 38.9. The number of nitro groups is 1. The van der Waals surface area contributed by atoms with Gasteiger partial charge in [0.1, 0.15) is 11.5 Å².